The molecule has 0 fully saturated rings. The maximum Gasteiger partial charge on any atom is 0.349 e. The molecule has 1 heterocycles. The molecule has 0 aliphatic carbocycles. The summed E-state index contributed by atoms with van der Waals surface area (Å²) in [6.07, 6.45) is 0.427. The number of carboxylic acid groups (broad SMARTS) is 1. The molecule has 0 aliphatic rings. The Balaban J connectivity index is 1.15. The van der Waals surface area contributed by atoms with Gasteiger partial charge in [0, 0.05) is 68.1 Å². The summed E-state index contributed by atoms with van der Waals surface area (Å²) in [5.74, 6) is -2.87. The van der Waals surface area contributed by atoms with E-state index in [0.717, 1.165) is 18.8 Å². The lowest BCUT2D eigenvalue weighted by molar-refractivity contribution is -0.385. The number of nitrogens with zero attached hydrogens (tertiary/aromatic N) is 3. The van der Waals surface area contributed by atoms with Gasteiger partial charge in [-0.15, -0.1) is 0 Å². The quantitative estimate of drug-likeness (QED) is 0.0135. The number of carbonyl (C=O) groups is 4. The van der Waals surface area contributed by atoms with Gasteiger partial charge in [0.2, 0.25) is 5.91 Å². The zero-order chi connectivity index (χ0) is 57.6. The van der Waals surface area contributed by atoms with Crippen molar-refractivity contribution in [2.45, 2.75) is 71.3 Å². The molecule has 0 saturated carbocycles. The van der Waals surface area contributed by atoms with Gasteiger partial charge in [0.25, 0.3) is 11.6 Å². The third-order valence-corrected chi connectivity index (χ3v) is 11.7. The van der Waals surface area contributed by atoms with Crippen molar-refractivity contribution < 1.29 is 81.0 Å². The van der Waals surface area contributed by atoms with Crippen molar-refractivity contribution in [2.75, 3.05) is 151 Å². The lowest BCUT2D eigenvalue weighted by Crippen LogP contribution is -2.41. The molecule has 0 saturated heterocycles. The van der Waals surface area contributed by atoms with Crippen LogP contribution in [0.4, 0.5) is 11.4 Å². The van der Waals surface area contributed by atoms with Crippen LogP contribution in [-0.2, 0) is 52.3 Å². The molecule has 26 heteroatoms. The monoisotopic (exact) mass is 1120 g/mol. The molecule has 3 rings (SSSR count). The average Bonchev–Trinajstić information content (AvgIpc) is 3.42. The van der Waals surface area contributed by atoms with E-state index in [1.165, 1.54) is 19.2 Å². The molecule has 7 N–H and O–H groups in total. The SMILES string of the molecule is CCN(CC)c1ccc2cc(C(=O)NCCOCCOCCOCCOCCOCCOCCOCCOCCC(=O)NC(CCCN=C(N)N)C(=O)CC(C)c3cc(OCCCC(=O)O)c(OC)cc3[N+](=O)[O-])c(=O)oc2c1. The van der Waals surface area contributed by atoms with Crippen molar-refractivity contribution >= 4 is 51.9 Å². The number of ether oxygens (including phenoxy) is 10. The van der Waals surface area contributed by atoms with Crippen LogP contribution < -0.4 is 42.1 Å². The number of nitro benzene ring substituents is 1. The summed E-state index contributed by atoms with van der Waals surface area (Å²) in [5.41, 5.74) is 11.4. The van der Waals surface area contributed by atoms with Crippen LogP contribution in [-0.4, -0.2) is 191 Å². The predicted octanol–water partition coefficient (Wildman–Crippen LogP) is 3.35. The third kappa shape index (κ3) is 27.3. The lowest BCUT2D eigenvalue weighted by atomic mass is 9.90. The van der Waals surface area contributed by atoms with Crippen molar-refractivity contribution in [3.05, 3.63) is 68.1 Å². The highest BCUT2D eigenvalue weighted by molar-refractivity contribution is 5.97. The molecule has 442 valence electrons. The molecular formula is C53H81N7O19. The average molecular weight is 1120 g/mol. The normalized spacial score (nSPS) is 11.9. The van der Waals surface area contributed by atoms with Crippen LogP contribution in [0.3, 0.4) is 0 Å². The topological polar surface area (TPSA) is 346 Å². The number of nitrogens with two attached hydrogens (primary N) is 2. The number of hydrogen-bond acceptors (Lipinski definition) is 20. The number of aliphatic imine (C=N–C) groups is 1. The summed E-state index contributed by atoms with van der Waals surface area (Å²) >= 11 is 0. The number of amides is 2. The highest BCUT2D eigenvalue weighted by Gasteiger charge is 2.28. The molecular weight excluding hydrogens is 1040 g/mol. The number of carbonyl (C=O) groups excluding carboxylic acids is 3. The van der Waals surface area contributed by atoms with Crippen molar-refractivity contribution in [3.63, 3.8) is 0 Å². The molecule has 0 bridgehead atoms. The number of methoxy groups -OCH3 is 1. The van der Waals surface area contributed by atoms with Crippen LogP contribution in [0.1, 0.15) is 81.1 Å². The number of hydrogen-bond donors (Lipinski definition) is 5. The Kier molecular flexibility index (Phi) is 33.6. The van der Waals surface area contributed by atoms with E-state index in [1.807, 2.05) is 32.0 Å². The largest absolute Gasteiger partial charge is 0.493 e. The summed E-state index contributed by atoms with van der Waals surface area (Å²) < 4.78 is 60.6. The van der Waals surface area contributed by atoms with Crippen molar-refractivity contribution in [1.82, 2.24) is 10.6 Å². The number of benzene rings is 2. The Hall–Kier alpha value is -6.52. The highest BCUT2D eigenvalue weighted by atomic mass is 16.6. The van der Waals surface area contributed by atoms with Gasteiger partial charge in [-0.3, -0.25) is 34.3 Å². The van der Waals surface area contributed by atoms with Crippen molar-refractivity contribution in [3.8, 4) is 11.5 Å². The number of carboxylic acids is 1. The zero-order valence-corrected chi connectivity index (χ0v) is 46.0. The van der Waals surface area contributed by atoms with E-state index >= 15 is 0 Å². The molecule has 0 radical (unpaired) electrons. The van der Waals surface area contributed by atoms with Crippen molar-refractivity contribution in [1.29, 1.82) is 0 Å². The second-order valence-electron chi connectivity index (χ2n) is 17.6. The maximum atomic E-state index is 13.6. The van der Waals surface area contributed by atoms with E-state index in [4.69, 9.17) is 68.4 Å². The van der Waals surface area contributed by atoms with Crippen LogP contribution >= 0.6 is 0 Å². The van der Waals surface area contributed by atoms with Gasteiger partial charge in [0.05, 0.1) is 136 Å². The van der Waals surface area contributed by atoms with E-state index in [2.05, 4.69) is 20.5 Å². The number of nitrogens with one attached hydrogen (secondary N) is 2. The molecule has 2 atom stereocenters. The van der Waals surface area contributed by atoms with E-state index < -0.39 is 40.3 Å². The minimum Gasteiger partial charge on any atom is -0.493 e. The molecule has 3 aromatic rings. The van der Waals surface area contributed by atoms with Gasteiger partial charge in [0.15, 0.2) is 23.2 Å². The zero-order valence-electron chi connectivity index (χ0n) is 46.0. The van der Waals surface area contributed by atoms with E-state index in [-0.39, 0.29) is 118 Å². The Labute approximate surface area is 460 Å². The summed E-state index contributed by atoms with van der Waals surface area (Å²) in [5, 5.41) is 27.1. The third-order valence-electron chi connectivity index (χ3n) is 11.7. The van der Waals surface area contributed by atoms with Gasteiger partial charge in [-0.2, -0.15) is 0 Å². The Bertz CT molecular complexity index is 2380. The molecule has 0 spiro atoms. The van der Waals surface area contributed by atoms with Crippen LogP contribution in [0.5, 0.6) is 11.5 Å². The van der Waals surface area contributed by atoms with Gasteiger partial charge >= 0.3 is 11.6 Å². The smallest absolute Gasteiger partial charge is 0.349 e. The van der Waals surface area contributed by atoms with Crippen LogP contribution in [0.15, 0.2) is 50.6 Å². The van der Waals surface area contributed by atoms with Gasteiger partial charge < -0.3 is 83.9 Å². The molecule has 26 nitrogen and oxygen atoms in total. The first-order chi connectivity index (χ1) is 38.2. The number of Topliss-reactive ketones (excluding diaryl/α,β-unsaturated/α-hetero) is 1. The number of ketones is 1. The van der Waals surface area contributed by atoms with Gasteiger partial charge in [-0.1, -0.05) is 6.92 Å². The lowest BCUT2D eigenvalue weighted by Gasteiger charge is -2.21. The summed E-state index contributed by atoms with van der Waals surface area (Å²) in [6.45, 7) is 13.1. The highest BCUT2D eigenvalue weighted by Crippen LogP contribution is 2.39. The van der Waals surface area contributed by atoms with Gasteiger partial charge in [-0.25, -0.2) is 4.79 Å². The standard InChI is InChI=1S/C53H81N7O19/c1-5-59(6-2)40-12-11-39-34-42(52(66)79-46(39)35-40)51(65)56-15-18-71-20-22-73-24-26-75-28-30-77-32-31-76-29-27-74-25-23-72-21-19-70-17-13-49(62)58-43(9-7-14-57-53(54)55)45(61)33-38(3)41-36-48(78-16-8-10-50(63)64)47(69-4)37-44(41)60(67)68/h11-12,34-38,43H,5-10,13-33H2,1-4H3,(H,56,65)(H,58,62)(H,63,64)(H4,54,55,57). The Morgan fingerprint density at radius 1 is 0.747 bits per heavy atom. The fourth-order valence-electron chi connectivity index (χ4n) is 7.62. The second-order valence-corrected chi connectivity index (χ2v) is 17.6. The van der Waals surface area contributed by atoms with E-state index in [0.29, 0.717) is 96.7 Å². The molecule has 1 aromatic heterocycles. The van der Waals surface area contributed by atoms with Crippen LogP contribution in [0.2, 0.25) is 0 Å². The van der Waals surface area contributed by atoms with E-state index in [9.17, 15) is 34.1 Å². The molecule has 2 aromatic carbocycles. The summed E-state index contributed by atoms with van der Waals surface area (Å²) in [4.78, 5) is 80.2. The molecule has 2 amide bonds. The first-order valence-corrected chi connectivity index (χ1v) is 26.5. The summed E-state index contributed by atoms with van der Waals surface area (Å²) in [7, 11) is 1.32. The Morgan fingerprint density at radius 2 is 1.30 bits per heavy atom. The second kappa shape index (κ2) is 39.8. The first kappa shape index (κ1) is 66.8. The Morgan fingerprint density at radius 3 is 1.82 bits per heavy atom. The number of anilines is 1. The van der Waals surface area contributed by atoms with Gasteiger partial charge in [0.1, 0.15) is 11.1 Å². The van der Waals surface area contributed by atoms with Crippen molar-refractivity contribution in [2.24, 2.45) is 16.5 Å². The molecule has 2 unspecified atom stereocenters. The number of guanidine groups is 1. The minimum absolute atomic E-state index is 0.0210. The number of rotatable bonds is 47. The minimum atomic E-state index is -0.993. The van der Waals surface area contributed by atoms with Crippen LogP contribution in [0, 0.1) is 10.1 Å². The number of fused-ring (bicyclic) bond motifs is 1. The predicted molar refractivity (Wildman–Crippen MR) is 291 cm³/mol. The number of nitro groups is 1. The van der Waals surface area contributed by atoms with E-state index in [1.54, 1.807) is 13.0 Å². The maximum absolute atomic E-state index is 13.6. The fraction of sp³-hybridized carbons (Fsp3) is 0.623. The molecule has 79 heavy (non-hydrogen) atoms. The number of aliphatic carboxylic acids is 1. The molecule has 0 aliphatic heterocycles. The van der Waals surface area contributed by atoms with Gasteiger partial charge in [-0.05, 0) is 63.3 Å². The van der Waals surface area contributed by atoms with Crippen LogP contribution in [0.25, 0.3) is 11.0 Å². The first-order valence-electron chi connectivity index (χ1n) is 26.5. The fourth-order valence-corrected chi connectivity index (χ4v) is 7.62. The summed E-state index contributed by atoms with van der Waals surface area (Å²) in [6, 6.07) is 8.81.